The molecule has 3 aromatic rings. The van der Waals surface area contributed by atoms with Crippen molar-refractivity contribution in [1.82, 2.24) is 10.3 Å². The number of nitrogens with one attached hydrogen (secondary N) is 2. The van der Waals surface area contributed by atoms with Gasteiger partial charge in [0.25, 0.3) is 11.8 Å². The number of aromatic nitrogens is 1. The van der Waals surface area contributed by atoms with E-state index in [1.165, 1.54) is 27.6 Å². The number of rotatable bonds is 8. The Labute approximate surface area is 196 Å². The maximum Gasteiger partial charge on any atom is 0.276 e. The van der Waals surface area contributed by atoms with Crippen LogP contribution in [0.4, 0.5) is 5.00 Å². The van der Waals surface area contributed by atoms with Gasteiger partial charge in [-0.2, -0.15) is 0 Å². The molecule has 2 heterocycles. The van der Waals surface area contributed by atoms with Crippen molar-refractivity contribution < 1.29 is 14.3 Å². The first kappa shape index (κ1) is 22.6. The molecule has 1 aromatic carbocycles. The maximum atomic E-state index is 13.3. The smallest absolute Gasteiger partial charge is 0.276 e. The van der Waals surface area contributed by atoms with E-state index in [9.17, 15) is 9.59 Å². The van der Waals surface area contributed by atoms with Gasteiger partial charge in [0, 0.05) is 25.1 Å². The molecule has 0 radical (unpaired) electrons. The summed E-state index contributed by atoms with van der Waals surface area (Å²) in [6.45, 7) is 3.03. The lowest BCUT2D eigenvalue weighted by Gasteiger charge is -2.13. The highest BCUT2D eigenvalue weighted by Gasteiger charge is 2.27. The number of aryl methyl sites for hydroxylation is 2. The molecule has 0 atom stereocenters. The Kier molecular flexibility index (Phi) is 7.34. The summed E-state index contributed by atoms with van der Waals surface area (Å²) in [5.74, 6) is -0.409. The Bertz CT molecular complexity index is 1110. The summed E-state index contributed by atoms with van der Waals surface area (Å²) < 4.78 is 5.07. The number of methoxy groups -OCH3 is 1. The van der Waals surface area contributed by atoms with Crippen LogP contribution in [0.25, 0.3) is 10.4 Å². The molecular weight excluding hydrogens is 442 g/mol. The van der Waals surface area contributed by atoms with Crippen molar-refractivity contribution in [2.24, 2.45) is 0 Å². The van der Waals surface area contributed by atoms with E-state index in [2.05, 4.69) is 15.6 Å². The van der Waals surface area contributed by atoms with Gasteiger partial charge < -0.3 is 15.4 Å². The van der Waals surface area contributed by atoms with Crippen molar-refractivity contribution in [3.8, 4) is 10.4 Å². The molecule has 8 heteroatoms. The fourth-order valence-corrected chi connectivity index (χ4v) is 6.13. The second-order valence-corrected chi connectivity index (χ2v) is 10.1. The summed E-state index contributed by atoms with van der Waals surface area (Å²) >= 11 is 3.02. The predicted molar refractivity (Wildman–Crippen MR) is 130 cm³/mol. The van der Waals surface area contributed by atoms with E-state index < -0.39 is 0 Å². The van der Waals surface area contributed by atoms with Crippen LogP contribution in [0.3, 0.4) is 0 Å². The molecule has 32 heavy (non-hydrogen) atoms. The van der Waals surface area contributed by atoms with E-state index in [1.54, 1.807) is 7.11 Å². The molecule has 0 spiro atoms. The molecule has 1 aliphatic carbocycles. The molecule has 6 nitrogen and oxygen atoms in total. The standard InChI is InChI=1S/C24H27N3O3S2/c1-15-26-20(21(31-15)16-9-4-3-5-10-16)23(29)27-24-19(22(28)25-13-8-14-30-2)17-11-6-7-12-18(17)32-24/h3-5,9-10H,6-8,11-14H2,1-2H3,(H,25,28)(H,27,29). The fraction of sp³-hybridized carbons (Fsp3) is 0.375. The van der Waals surface area contributed by atoms with Crippen molar-refractivity contribution in [2.45, 2.75) is 39.0 Å². The summed E-state index contributed by atoms with van der Waals surface area (Å²) in [6, 6.07) is 9.81. The molecule has 1 aliphatic rings. The zero-order chi connectivity index (χ0) is 22.5. The Morgan fingerprint density at radius 1 is 1.09 bits per heavy atom. The second-order valence-electron chi connectivity index (χ2n) is 7.75. The number of anilines is 1. The highest BCUT2D eigenvalue weighted by Crippen LogP contribution is 2.39. The lowest BCUT2D eigenvalue weighted by atomic mass is 9.95. The number of carbonyl (C=O) groups excluding carboxylic acids is 2. The van der Waals surface area contributed by atoms with E-state index >= 15 is 0 Å². The van der Waals surface area contributed by atoms with Gasteiger partial charge in [-0.25, -0.2) is 4.98 Å². The van der Waals surface area contributed by atoms with Crippen LogP contribution in [0, 0.1) is 6.92 Å². The number of fused-ring (bicyclic) bond motifs is 1. The van der Waals surface area contributed by atoms with Gasteiger partial charge in [0.2, 0.25) is 0 Å². The third kappa shape index (κ3) is 4.92. The van der Waals surface area contributed by atoms with E-state index in [-0.39, 0.29) is 11.8 Å². The number of hydrogen-bond acceptors (Lipinski definition) is 6. The highest BCUT2D eigenvalue weighted by molar-refractivity contribution is 7.17. The Morgan fingerprint density at radius 3 is 2.66 bits per heavy atom. The maximum absolute atomic E-state index is 13.3. The number of ether oxygens (including phenoxy) is 1. The lowest BCUT2D eigenvalue weighted by molar-refractivity contribution is 0.0948. The number of benzene rings is 1. The lowest BCUT2D eigenvalue weighted by Crippen LogP contribution is -2.27. The van der Waals surface area contributed by atoms with Crippen LogP contribution in [0.2, 0.25) is 0 Å². The average molecular weight is 470 g/mol. The normalized spacial score (nSPS) is 12.9. The van der Waals surface area contributed by atoms with Crippen molar-refractivity contribution in [3.63, 3.8) is 0 Å². The topological polar surface area (TPSA) is 80.3 Å². The SMILES string of the molecule is COCCCNC(=O)c1c(NC(=O)c2nc(C)sc2-c2ccccc2)sc2c1CCCC2. The van der Waals surface area contributed by atoms with Gasteiger partial charge >= 0.3 is 0 Å². The van der Waals surface area contributed by atoms with Crippen LogP contribution < -0.4 is 10.6 Å². The summed E-state index contributed by atoms with van der Waals surface area (Å²) in [7, 11) is 1.65. The molecule has 168 valence electrons. The van der Waals surface area contributed by atoms with Gasteiger partial charge in [-0.05, 0) is 50.2 Å². The monoisotopic (exact) mass is 469 g/mol. The molecule has 4 rings (SSSR count). The largest absolute Gasteiger partial charge is 0.385 e. The van der Waals surface area contributed by atoms with Crippen molar-refractivity contribution >= 4 is 39.5 Å². The summed E-state index contributed by atoms with van der Waals surface area (Å²) in [4.78, 5) is 32.9. The number of amides is 2. The summed E-state index contributed by atoms with van der Waals surface area (Å²) in [5.41, 5.74) is 3.06. The summed E-state index contributed by atoms with van der Waals surface area (Å²) in [6.07, 6.45) is 4.73. The Balaban J connectivity index is 1.61. The van der Waals surface area contributed by atoms with Gasteiger partial charge in [0.15, 0.2) is 0 Å². The molecule has 2 amide bonds. The Morgan fingerprint density at radius 2 is 1.88 bits per heavy atom. The van der Waals surface area contributed by atoms with Gasteiger partial charge in [0.05, 0.1) is 15.4 Å². The molecule has 2 aromatic heterocycles. The van der Waals surface area contributed by atoms with Gasteiger partial charge in [0.1, 0.15) is 10.7 Å². The van der Waals surface area contributed by atoms with E-state index in [4.69, 9.17) is 4.74 Å². The predicted octanol–water partition coefficient (Wildman–Crippen LogP) is 5.08. The molecule has 0 bridgehead atoms. The molecule has 0 saturated heterocycles. The van der Waals surface area contributed by atoms with Crippen molar-refractivity contribution in [2.75, 3.05) is 25.6 Å². The second kappa shape index (κ2) is 10.4. The van der Waals surface area contributed by atoms with Crippen LogP contribution >= 0.6 is 22.7 Å². The van der Waals surface area contributed by atoms with Gasteiger partial charge in [-0.15, -0.1) is 22.7 Å². The number of thiazole rings is 1. The van der Waals surface area contributed by atoms with Gasteiger partial charge in [-0.3, -0.25) is 9.59 Å². The van der Waals surface area contributed by atoms with Crippen LogP contribution in [0.15, 0.2) is 30.3 Å². The Hall–Kier alpha value is -2.55. The molecule has 2 N–H and O–H groups in total. The number of hydrogen-bond donors (Lipinski definition) is 2. The van der Waals surface area contributed by atoms with Crippen molar-refractivity contribution in [3.05, 3.63) is 57.0 Å². The fourth-order valence-electron chi connectivity index (χ4n) is 3.93. The zero-order valence-electron chi connectivity index (χ0n) is 18.3. The van der Waals surface area contributed by atoms with E-state index in [1.807, 2.05) is 37.3 Å². The quantitative estimate of drug-likeness (QED) is 0.451. The van der Waals surface area contributed by atoms with Crippen LogP contribution in [-0.2, 0) is 17.6 Å². The first-order valence-electron chi connectivity index (χ1n) is 10.8. The zero-order valence-corrected chi connectivity index (χ0v) is 20.0. The number of carbonyl (C=O) groups is 2. The van der Waals surface area contributed by atoms with Crippen molar-refractivity contribution in [1.29, 1.82) is 0 Å². The molecular formula is C24H27N3O3S2. The molecule has 0 unspecified atom stereocenters. The van der Waals surface area contributed by atoms with Crippen LogP contribution in [0.5, 0.6) is 0 Å². The molecule has 0 aliphatic heterocycles. The first-order chi connectivity index (χ1) is 15.6. The minimum atomic E-state index is -0.278. The third-order valence-electron chi connectivity index (χ3n) is 5.42. The van der Waals surface area contributed by atoms with Crippen LogP contribution in [0.1, 0.15) is 55.6 Å². The third-order valence-corrected chi connectivity index (χ3v) is 7.65. The highest BCUT2D eigenvalue weighted by atomic mass is 32.1. The number of thiophene rings is 1. The molecule has 0 fully saturated rings. The van der Waals surface area contributed by atoms with Crippen LogP contribution in [-0.4, -0.2) is 37.1 Å². The summed E-state index contributed by atoms with van der Waals surface area (Å²) in [5, 5.41) is 7.47. The molecule has 0 saturated carbocycles. The first-order valence-corrected chi connectivity index (χ1v) is 12.5. The van der Waals surface area contributed by atoms with E-state index in [0.29, 0.717) is 29.4 Å². The van der Waals surface area contributed by atoms with Gasteiger partial charge in [-0.1, -0.05) is 30.3 Å². The minimum absolute atomic E-state index is 0.131. The van der Waals surface area contributed by atoms with E-state index in [0.717, 1.165) is 53.1 Å². The number of nitrogens with zero attached hydrogens (tertiary/aromatic N) is 1. The average Bonchev–Trinajstić information content (AvgIpc) is 3.37. The minimum Gasteiger partial charge on any atom is -0.385 e.